The number of halogens is 3. The van der Waals surface area contributed by atoms with Crippen LogP contribution in [-0.4, -0.2) is 17.6 Å². The van der Waals surface area contributed by atoms with Gasteiger partial charge in [-0.05, 0) is 12.1 Å². The van der Waals surface area contributed by atoms with E-state index in [4.69, 9.17) is 28.3 Å². The minimum atomic E-state index is -3.12. The van der Waals surface area contributed by atoms with Crippen molar-refractivity contribution >= 4 is 34.9 Å². The molecule has 1 unspecified atom stereocenters. The number of hydrogen-bond acceptors (Lipinski definition) is 9. The molecule has 12 heteroatoms. The largest absolute Gasteiger partial charge is 0.434 e. The number of hydrogen-bond donors (Lipinski definition) is 4. The predicted octanol–water partition coefficient (Wildman–Crippen LogP) is 2.31. The number of nitrogens with two attached hydrogens (primary N) is 2. The van der Waals surface area contributed by atoms with Crippen LogP contribution in [-0.2, 0) is 0 Å². The first-order valence-corrected chi connectivity index (χ1v) is 7.96. The van der Waals surface area contributed by atoms with Gasteiger partial charge in [0.05, 0.1) is 5.69 Å². The van der Waals surface area contributed by atoms with Gasteiger partial charge in [0.25, 0.3) is 0 Å². The highest BCUT2D eigenvalue weighted by Gasteiger charge is 2.32. The van der Waals surface area contributed by atoms with Crippen LogP contribution in [0.1, 0.15) is 22.7 Å². The summed E-state index contributed by atoms with van der Waals surface area (Å²) in [7, 11) is 0. The maximum Gasteiger partial charge on any atom is 0.387 e. The summed E-state index contributed by atoms with van der Waals surface area (Å²) >= 11 is 5.89. The van der Waals surface area contributed by atoms with Gasteiger partial charge < -0.3 is 21.5 Å². The van der Waals surface area contributed by atoms with Crippen LogP contribution in [0.4, 0.5) is 26.1 Å². The summed E-state index contributed by atoms with van der Waals surface area (Å²) in [6, 6.07) is 4.90. The first-order chi connectivity index (χ1) is 13.3. The van der Waals surface area contributed by atoms with Gasteiger partial charge in [0, 0.05) is 16.1 Å². The van der Waals surface area contributed by atoms with Gasteiger partial charge in [0.15, 0.2) is 6.19 Å². The number of guanidine groups is 1. The second-order valence-electron chi connectivity index (χ2n) is 5.46. The summed E-state index contributed by atoms with van der Waals surface area (Å²) in [6.07, 6.45) is 1.69. The fourth-order valence-corrected chi connectivity index (χ4v) is 2.90. The average Bonchev–Trinajstić information content (AvgIpc) is 2.61. The van der Waals surface area contributed by atoms with Gasteiger partial charge >= 0.3 is 6.61 Å². The predicted molar refractivity (Wildman–Crippen MR) is 97.5 cm³/mol. The topological polar surface area (TPSA) is 158 Å². The number of nitrogens with zero attached hydrogens (tertiary/aromatic N) is 4. The molecule has 0 bridgehead atoms. The number of anilines is 3. The van der Waals surface area contributed by atoms with Crippen LogP contribution >= 0.6 is 11.6 Å². The summed E-state index contributed by atoms with van der Waals surface area (Å²) in [5, 5.41) is 23.4. The van der Waals surface area contributed by atoms with E-state index >= 15 is 0 Å². The summed E-state index contributed by atoms with van der Waals surface area (Å²) in [4.78, 5) is 8.36. The van der Waals surface area contributed by atoms with Gasteiger partial charge in [-0.3, -0.25) is 5.32 Å². The van der Waals surface area contributed by atoms with Gasteiger partial charge in [-0.25, -0.2) is 9.98 Å². The Morgan fingerprint density at radius 2 is 2.07 bits per heavy atom. The van der Waals surface area contributed by atoms with E-state index in [2.05, 4.69) is 25.3 Å². The van der Waals surface area contributed by atoms with Crippen LogP contribution in [0.5, 0.6) is 5.75 Å². The lowest BCUT2D eigenvalue weighted by Crippen LogP contribution is -2.33. The molecular weight excluding hydrogens is 394 g/mol. The maximum absolute atomic E-state index is 12.9. The number of pyridine rings is 1. The smallest absolute Gasteiger partial charge is 0.387 e. The number of nitrogen functional groups attached to an aromatic ring is 2. The fourth-order valence-electron chi connectivity index (χ4n) is 2.74. The minimum Gasteiger partial charge on any atom is -0.434 e. The minimum absolute atomic E-state index is 0.0195. The highest BCUT2D eigenvalue weighted by atomic mass is 35.5. The maximum atomic E-state index is 12.9. The molecule has 1 atom stereocenters. The average molecular weight is 405 g/mol. The molecular formula is C16H11ClF2N8O. The SMILES string of the molecule is N#CNC1=NC(c2ccc(Cl)cc2OC(F)F)c2c(nc(N)c(C#N)c2N)N1. The van der Waals surface area contributed by atoms with Crippen LogP contribution in [0.2, 0.25) is 5.02 Å². The van der Waals surface area contributed by atoms with Crippen LogP contribution < -0.4 is 26.8 Å². The Balaban J connectivity index is 2.27. The molecule has 1 aliphatic rings. The summed E-state index contributed by atoms with van der Waals surface area (Å²) in [5.74, 6) is -0.280. The van der Waals surface area contributed by atoms with E-state index in [-0.39, 0.29) is 50.7 Å². The van der Waals surface area contributed by atoms with Crippen LogP contribution in [0.15, 0.2) is 23.2 Å². The molecule has 1 aromatic heterocycles. The molecule has 9 nitrogen and oxygen atoms in total. The van der Waals surface area contributed by atoms with E-state index in [0.29, 0.717) is 0 Å². The zero-order chi connectivity index (χ0) is 20.4. The highest BCUT2D eigenvalue weighted by Crippen LogP contribution is 2.43. The molecule has 0 fully saturated rings. The summed E-state index contributed by atoms with van der Waals surface area (Å²) in [5.41, 5.74) is 12.1. The number of ether oxygens (including phenoxy) is 1. The molecule has 28 heavy (non-hydrogen) atoms. The van der Waals surface area contributed by atoms with Gasteiger partial charge in [0.2, 0.25) is 5.96 Å². The number of fused-ring (bicyclic) bond motifs is 1. The summed E-state index contributed by atoms with van der Waals surface area (Å²) < 4.78 is 30.3. The molecule has 0 saturated carbocycles. The number of nitriles is 2. The Hall–Kier alpha value is -3.83. The van der Waals surface area contributed by atoms with Crippen molar-refractivity contribution in [3.8, 4) is 18.0 Å². The Morgan fingerprint density at radius 1 is 1.32 bits per heavy atom. The molecule has 0 spiro atoms. The van der Waals surface area contributed by atoms with Crippen molar-refractivity contribution in [2.45, 2.75) is 12.7 Å². The Kier molecular flexibility index (Phi) is 5.02. The molecule has 0 aliphatic carbocycles. The van der Waals surface area contributed by atoms with Gasteiger partial charge in [-0.15, -0.1) is 0 Å². The van der Waals surface area contributed by atoms with Crippen LogP contribution in [0, 0.1) is 22.8 Å². The molecule has 2 aromatic rings. The van der Waals surface area contributed by atoms with Crippen molar-refractivity contribution in [3.63, 3.8) is 0 Å². The summed E-state index contributed by atoms with van der Waals surface area (Å²) in [6.45, 7) is -3.12. The number of benzene rings is 1. The van der Waals surface area contributed by atoms with E-state index in [1.54, 1.807) is 6.19 Å². The van der Waals surface area contributed by atoms with Crippen molar-refractivity contribution in [1.82, 2.24) is 10.3 Å². The number of rotatable bonds is 3. The fraction of sp³-hybridized carbons (Fsp3) is 0.125. The zero-order valence-electron chi connectivity index (χ0n) is 13.9. The number of nitrogens with one attached hydrogen (secondary N) is 2. The second kappa shape index (κ2) is 7.42. The normalized spacial score (nSPS) is 14.9. The molecule has 3 rings (SSSR count). The molecule has 0 amide bonds. The van der Waals surface area contributed by atoms with Crippen LogP contribution in [0.25, 0.3) is 0 Å². The standard InChI is InChI=1S/C16H11ClF2N8O/c17-6-1-2-7(9(3-6)28-15(18)19)12-10-11(22)8(4-20)13(23)26-14(10)27-16(25-12)24-5-21/h1-3,12,15H,(H6,22,23,24,25,26,27). The second-order valence-corrected chi connectivity index (χ2v) is 5.90. The van der Waals surface area contributed by atoms with E-state index in [0.717, 1.165) is 0 Å². The van der Waals surface area contributed by atoms with Gasteiger partial charge in [-0.2, -0.15) is 19.3 Å². The third-order valence-electron chi connectivity index (χ3n) is 3.84. The van der Waals surface area contributed by atoms with Crippen molar-refractivity contribution in [2.24, 2.45) is 4.99 Å². The lowest BCUT2D eigenvalue weighted by molar-refractivity contribution is -0.0505. The first kappa shape index (κ1) is 18.9. The van der Waals surface area contributed by atoms with Crippen molar-refractivity contribution in [3.05, 3.63) is 39.9 Å². The third-order valence-corrected chi connectivity index (χ3v) is 4.08. The molecule has 0 saturated heterocycles. The molecule has 1 aromatic carbocycles. The molecule has 0 radical (unpaired) electrons. The quantitative estimate of drug-likeness (QED) is 0.448. The molecule has 142 valence electrons. The van der Waals surface area contributed by atoms with E-state index in [1.807, 2.05) is 6.07 Å². The monoisotopic (exact) mass is 404 g/mol. The van der Waals surface area contributed by atoms with Crippen molar-refractivity contribution in [1.29, 1.82) is 10.5 Å². The first-order valence-electron chi connectivity index (χ1n) is 7.58. The zero-order valence-corrected chi connectivity index (χ0v) is 14.6. The molecule has 1 aliphatic heterocycles. The van der Waals surface area contributed by atoms with E-state index in [9.17, 15) is 14.0 Å². The van der Waals surface area contributed by atoms with Gasteiger partial charge in [0.1, 0.15) is 35.1 Å². The van der Waals surface area contributed by atoms with Crippen LogP contribution in [0.3, 0.4) is 0 Å². The lowest BCUT2D eigenvalue weighted by atomic mass is 9.94. The van der Waals surface area contributed by atoms with E-state index in [1.165, 1.54) is 18.2 Å². The van der Waals surface area contributed by atoms with Crippen molar-refractivity contribution < 1.29 is 13.5 Å². The Bertz CT molecular complexity index is 1060. The van der Waals surface area contributed by atoms with Crippen molar-refractivity contribution in [2.75, 3.05) is 16.8 Å². The third kappa shape index (κ3) is 3.39. The number of aromatic nitrogens is 1. The highest BCUT2D eigenvalue weighted by molar-refractivity contribution is 6.30. The Labute approximate surface area is 162 Å². The number of aliphatic imine (C=N–C) groups is 1. The van der Waals surface area contributed by atoms with Gasteiger partial charge in [-0.1, -0.05) is 17.7 Å². The Morgan fingerprint density at radius 3 is 2.71 bits per heavy atom. The molecule has 2 heterocycles. The van der Waals surface area contributed by atoms with E-state index < -0.39 is 12.7 Å². The molecule has 6 N–H and O–H groups in total. The number of alkyl halides is 2. The lowest BCUT2D eigenvalue weighted by Gasteiger charge is -2.27.